The maximum atomic E-state index is 12.2. The molecule has 1 heterocycles. The first-order chi connectivity index (χ1) is 12.0. The van der Waals surface area contributed by atoms with Gasteiger partial charge >= 0.3 is 6.03 Å². The SMILES string of the molecule is CN(C)C(=O)N1CCC(C(=O)NCCOc2cccc(C#N)c2)CC1. The number of ether oxygens (including phenoxy) is 1. The van der Waals surface area contributed by atoms with Crippen LogP contribution in [0.2, 0.25) is 0 Å². The Labute approximate surface area is 148 Å². The molecule has 7 nitrogen and oxygen atoms in total. The average molecular weight is 344 g/mol. The second-order valence-corrected chi connectivity index (χ2v) is 6.22. The van der Waals surface area contributed by atoms with Gasteiger partial charge in [0.25, 0.3) is 0 Å². The summed E-state index contributed by atoms with van der Waals surface area (Å²) in [6.07, 6.45) is 1.35. The van der Waals surface area contributed by atoms with E-state index < -0.39 is 0 Å². The Balaban J connectivity index is 1.67. The van der Waals surface area contributed by atoms with E-state index in [2.05, 4.69) is 11.4 Å². The van der Waals surface area contributed by atoms with Crippen molar-refractivity contribution in [2.45, 2.75) is 12.8 Å². The van der Waals surface area contributed by atoms with Crippen LogP contribution in [0.4, 0.5) is 4.79 Å². The molecule has 3 amide bonds. The zero-order valence-electron chi connectivity index (χ0n) is 14.7. The van der Waals surface area contributed by atoms with Crippen molar-refractivity contribution in [3.05, 3.63) is 29.8 Å². The van der Waals surface area contributed by atoms with Crippen molar-refractivity contribution < 1.29 is 14.3 Å². The number of urea groups is 1. The second-order valence-electron chi connectivity index (χ2n) is 6.22. The topological polar surface area (TPSA) is 85.7 Å². The zero-order valence-corrected chi connectivity index (χ0v) is 14.7. The molecule has 0 bridgehead atoms. The lowest BCUT2D eigenvalue weighted by molar-refractivity contribution is -0.126. The standard InChI is InChI=1S/C18H24N4O3/c1-21(2)18(24)22-9-6-15(7-10-22)17(23)20-8-11-25-16-5-3-4-14(12-16)13-19/h3-5,12,15H,6-11H2,1-2H3,(H,20,23). The third kappa shape index (κ3) is 5.38. The van der Waals surface area contributed by atoms with Crippen LogP contribution in [0.3, 0.4) is 0 Å². The highest BCUT2D eigenvalue weighted by Gasteiger charge is 2.27. The molecule has 1 aliphatic heterocycles. The van der Waals surface area contributed by atoms with Gasteiger partial charge < -0.3 is 19.9 Å². The molecule has 1 aromatic rings. The first-order valence-electron chi connectivity index (χ1n) is 8.38. The Morgan fingerprint density at radius 2 is 2.08 bits per heavy atom. The van der Waals surface area contributed by atoms with Gasteiger partial charge in [-0.25, -0.2) is 4.79 Å². The average Bonchev–Trinajstić information content (AvgIpc) is 2.64. The smallest absolute Gasteiger partial charge is 0.319 e. The Morgan fingerprint density at radius 3 is 2.72 bits per heavy atom. The first kappa shape index (κ1) is 18.6. The molecule has 2 rings (SSSR count). The third-order valence-electron chi connectivity index (χ3n) is 4.15. The van der Waals surface area contributed by atoms with Crippen molar-refractivity contribution in [2.75, 3.05) is 40.3 Å². The Morgan fingerprint density at radius 1 is 1.36 bits per heavy atom. The molecule has 0 radical (unpaired) electrons. The molecule has 1 N–H and O–H groups in total. The molecule has 0 aliphatic carbocycles. The normalized spacial score (nSPS) is 14.5. The van der Waals surface area contributed by atoms with Crippen molar-refractivity contribution in [1.29, 1.82) is 5.26 Å². The van der Waals surface area contributed by atoms with Crippen LogP contribution in [0.1, 0.15) is 18.4 Å². The van der Waals surface area contributed by atoms with E-state index in [1.807, 2.05) is 0 Å². The number of nitriles is 1. The summed E-state index contributed by atoms with van der Waals surface area (Å²) >= 11 is 0. The quantitative estimate of drug-likeness (QED) is 0.819. The van der Waals surface area contributed by atoms with Crippen LogP contribution in [0.5, 0.6) is 5.75 Å². The number of nitrogens with one attached hydrogen (secondary N) is 1. The summed E-state index contributed by atoms with van der Waals surface area (Å²) in [5, 5.41) is 11.7. The van der Waals surface area contributed by atoms with Crippen molar-refractivity contribution >= 4 is 11.9 Å². The van der Waals surface area contributed by atoms with Crippen molar-refractivity contribution in [3.8, 4) is 11.8 Å². The molecule has 1 saturated heterocycles. The zero-order chi connectivity index (χ0) is 18.2. The Kier molecular flexibility index (Phi) is 6.63. The Hall–Kier alpha value is -2.75. The molecule has 0 unspecified atom stereocenters. The number of rotatable bonds is 5. The van der Waals surface area contributed by atoms with Crippen LogP contribution in [0.15, 0.2) is 24.3 Å². The van der Waals surface area contributed by atoms with Crippen LogP contribution < -0.4 is 10.1 Å². The first-order valence-corrected chi connectivity index (χ1v) is 8.38. The van der Waals surface area contributed by atoms with Gasteiger partial charge in [-0.2, -0.15) is 5.26 Å². The fraction of sp³-hybridized carbons (Fsp3) is 0.500. The molecule has 1 fully saturated rings. The van der Waals surface area contributed by atoms with E-state index in [-0.39, 0.29) is 17.9 Å². The molecular formula is C18H24N4O3. The van der Waals surface area contributed by atoms with Gasteiger partial charge in [0.05, 0.1) is 18.2 Å². The third-order valence-corrected chi connectivity index (χ3v) is 4.15. The molecule has 1 aromatic carbocycles. The maximum Gasteiger partial charge on any atom is 0.319 e. The summed E-state index contributed by atoms with van der Waals surface area (Å²) in [7, 11) is 3.46. The second kappa shape index (κ2) is 8.92. The van der Waals surface area contributed by atoms with Crippen molar-refractivity contribution in [1.82, 2.24) is 15.1 Å². The Bertz CT molecular complexity index is 646. The lowest BCUT2D eigenvalue weighted by Crippen LogP contribution is -2.46. The van der Waals surface area contributed by atoms with Crippen LogP contribution in [-0.2, 0) is 4.79 Å². The van der Waals surface area contributed by atoms with E-state index in [0.29, 0.717) is 50.4 Å². The van der Waals surface area contributed by atoms with E-state index in [1.165, 1.54) is 0 Å². The minimum Gasteiger partial charge on any atom is -0.492 e. The largest absolute Gasteiger partial charge is 0.492 e. The molecule has 0 aromatic heterocycles. The van der Waals surface area contributed by atoms with Crippen molar-refractivity contribution in [2.24, 2.45) is 5.92 Å². The molecule has 134 valence electrons. The van der Waals surface area contributed by atoms with E-state index in [0.717, 1.165) is 0 Å². The van der Waals surface area contributed by atoms with Gasteiger partial charge in [-0.15, -0.1) is 0 Å². The van der Waals surface area contributed by atoms with Gasteiger partial charge in [-0.05, 0) is 31.0 Å². The molecule has 25 heavy (non-hydrogen) atoms. The minimum atomic E-state index is -0.0619. The molecule has 7 heteroatoms. The summed E-state index contributed by atoms with van der Waals surface area (Å²) in [6, 6.07) is 8.96. The lowest BCUT2D eigenvalue weighted by Gasteiger charge is -2.33. The highest BCUT2D eigenvalue weighted by molar-refractivity contribution is 5.79. The molecule has 0 spiro atoms. The summed E-state index contributed by atoms with van der Waals surface area (Å²) in [5.41, 5.74) is 0.542. The number of amides is 3. The predicted molar refractivity (Wildman–Crippen MR) is 93.0 cm³/mol. The number of likely N-dealkylation sites (tertiary alicyclic amines) is 1. The van der Waals surface area contributed by atoms with E-state index in [9.17, 15) is 9.59 Å². The summed E-state index contributed by atoms with van der Waals surface area (Å²) < 4.78 is 5.54. The molecule has 1 aliphatic rings. The number of nitrogens with zero attached hydrogens (tertiary/aromatic N) is 3. The number of benzene rings is 1. The number of piperidine rings is 1. The van der Waals surface area contributed by atoms with E-state index >= 15 is 0 Å². The number of hydrogen-bond acceptors (Lipinski definition) is 4. The lowest BCUT2D eigenvalue weighted by atomic mass is 9.96. The van der Waals surface area contributed by atoms with Gasteiger partial charge in [-0.1, -0.05) is 6.07 Å². The fourth-order valence-corrected chi connectivity index (χ4v) is 2.76. The van der Waals surface area contributed by atoms with Crippen LogP contribution in [0.25, 0.3) is 0 Å². The minimum absolute atomic E-state index is 0.00586. The number of carbonyl (C=O) groups is 2. The van der Waals surface area contributed by atoms with Gasteiger partial charge in [0.1, 0.15) is 12.4 Å². The molecule has 0 saturated carbocycles. The number of carbonyl (C=O) groups excluding carboxylic acids is 2. The van der Waals surface area contributed by atoms with Gasteiger partial charge in [-0.3, -0.25) is 4.79 Å². The van der Waals surface area contributed by atoms with Crippen LogP contribution in [0, 0.1) is 17.2 Å². The highest BCUT2D eigenvalue weighted by atomic mass is 16.5. The predicted octanol–water partition coefficient (Wildman–Crippen LogP) is 1.45. The summed E-state index contributed by atoms with van der Waals surface area (Å²) in [4.78, 5) is 27.4. The summed E-state index contributed by atoms with van der Waals surface area (Å²) in [6.45, 7) is 1.96. The van der Waals surface area contributed by atoms with Crippen LogP contribution >= 0.6 is 0 Å². The summed E-state index contributed by atoms with van der Waals surface area (Å²) in [5.74, 6) is 0.559. The van der Waals surface area contributed by atoms with Crippen molar-refractivity contribution in [3.63, 3.8) is 0 Å². The molecule has 0 atom stereocenters. The van der Waals surface area contributed by atoms with Gasteiger partial charge in [0.15, 0.2) is 0 Å². The van der Waals surface area contributed by atoms with Gasteiger partial charge in [0.2, 0.25) is 5.91 Å². The maximum absolute atomic E-state index is 12.2. The monoisotopic (exact) mass is 344 g/mol. The van der Waals surface area contributed by atoms with E-state index in [1.54, 1.807) is 48.2 Å². The number of hydrogen-bond donors (Lipinski definition) is 1. The molecular weight excluding hydrogens is 320 g/mol. The fourth-order valence-electron chi connectivity index (χ4n) is 2.76. The van der Waals surface area contributed by atoms with Crippen LogP contribution in [-0.4, -0.2) is 62.1 Å². The van der Waals surface area contributed by atoms with Gasteiger partial charge in [0, 0.05) is 33.1 Å². The highest BCUT2D eigenvalue weighted by Crippen LogP contribution is 2.18. The van der Waals surface area contributed by atoms with E-state index in [4.69, 9.17) is 10.00 Å².